The van der Waals surface area contributed by atoms with Crippen LogP contribution in [0.3, 0.4) is 0 Å². The van der Waals surface area contributed by atoms with Crippen molar-refractivity contribution in [3.05, 3.63) is 0 Å². The number of carboxylic acid groups (broad SMARTS) is 1. The molecule has 0 aromatic heterocycles. The maximum Gasteiger partial charge on any atom is 0.352 e. The van der Waals surface area contributed by atoms with Crippen LogP contribution in [0.15, 0.2) is 5.10 Å². The Kier molecular flexibility index (Phi) is 1.91. The van der Waals surface area contributed by atoms with Crippen LogP contribution in [0.1, 0.15) is 0 Å². The van der Waals surface area contributed by atoms with E-state index in [0.717, 1.165) is 11.8 Å². The van der Waals surface area contributed by atoms with Gasteiger partial charge in [0.2, 0.25) is 0 Å². The van der Waals surface area contributed by atoms with Gasteiger partial charge in [0.25, 0.3) is 5.24 Å². The molecule has 1 aliphatic heterocycles. The number of hydrazone groups is 1. The van der Waals surface area contributed by atoms with E-state index in [0.29, 0.717) is 0 Å². The molecule has 10 heavy (non-hydrogen) atoms. The Morgan fingerprint density at radius 2 is 2.50 bits per heavy atom. The zero-order chi connectivity index (χ0) is 7.56. The molecule has 2 N–H and O–H groups in total. The van der Waals surface area contributed by atoms with Crippen LogP contribution in [-0.4, -0.2) is 27.8 Å². The molecule has 0 saturated heterocycles. The molecule has 5 nitrogen and oxygen atoms in total. The second-order valence-corrected chi connectivity index (χ2v) is 2.50. The van der Waals surface area contributed by atoms with Crippen LogP contribution in [0.2, 0.25) is 0 Å². The minimum Gasteiger partial charge on any atom is -0.477 e. The molecule has 0 fully saturated rings. The van der Waals surface area contributed by atoms with Gasteiger partial charge in [-0.3, -0.25) is 4.79 Å². The van der Waals surface area contributed by atoms with E-state index in [2.05, 4.69) is 5.10 Å². The highest BCUT2D eigenvalue weighted by atomic mass is 32.2. The number of hydrogen-bond donors (Lipinski definition) is 2. The second-order valence-electron chi connectivity index (χ2n) is 1.55. The number of carboxylic acids is 1. The summed E-state index contributed by atoms with van der Waals surface area (Å²) in [7, 11) is 0. The first kappa shape index (κ1) is 7.07. The Balaban J connectivity index is 2.65. The monoisotopic (exact) mass is 160 g/mol. The molecule has 0 radical (unpaired) electrons. The zero-order valence-corrected chi connectivity index (χ0v) is 5.64. The maximum atomic E-state index is 10.4. The van der Waals surface area contributed by atoms with Gasteiger partial charge in [0, 0.05) is 0 Å². The molecule has 1 rings (SSSR count). The third-order valence-corrected chi connectivity index (χ3v) is 1.64. The van der Waals surface area contributed by atoms with E-state index in [9.17, 15) is 9.59 Å². The van der Waals surface area contributed by atoms with Gasteiger partial charge in [-0.15, -0.1) is 0 Å². The van der Waals surface area contributed by atoms with Gasteiger partial charge in [0.05, 0.1) is 5.75 Å². The lowest BCUT2D eigenvalue weighted by atomic mass is 10.4. The van der Waals surface area contributed by atoms with Gasteiger partial charge in [-0.1, -0.05) is 11.8 Å². The Morgan fingerprint density at radius 3 is 2.90 bits per heavy atom. The van der Waals surface area contributed by atoms with E-state index in [1.165, 1.54) is 0 Å². The van der Waals surface area contributed by atoms with Gasteiger partial charge >= 0.3 is 5.97 Å². The molecule has 0 unspecified atom stereocenters. The molecule has 0 saturated carbocycles. The Morgan fingerprint density at radius 1 is 1.80 bits per heavy atom. The lowest BCUT2D eigenvalue weighted by Crippen LogP contribution is -2.28. The third kappa shape index (κ3) is 1.47. The molecule has 0 bridgehead atoms. The molecule has 0 aliphatic carbocycles. The summed E-state index contributed by atoms with van der Waals surface area (Å²) in [5.74, 6) is -0.950. The Labute approximate surface area is 60.5 Å². The highest BCUT2D eigenvalue weighted by Crippen LogP contribution is 2.06. The van der Waals surface area contributed by atoms with Crippen molar-refractivity contribution in [1.82, 2.24) is 5.43 Å². The van der Waals surface area contributed by atoms with Crippen molar-refractivity contribution in [3.8, 4) is 0 Å². The normalized spacial score (nSPS) is 17.6. The number of carbonyl (C=O) groups excluding carboxylic acids is 1. The number of rotatable bonds is 1. The molecule has 0 atom stereocenters. The molecular formula is C4H4N2O3S. The Hall–Kier alpha value is -1.04. The zero-order valence-electron chi connectivity index (χ0n) is 4.83. The fourth-order valence-electron chi connectivity index (χ4n) is 0.421. The number of carbonyl (C=O) groups is 2. The smallest absolute Gasteiger partial charge is 0.352 e. The fraction of sp³-hybridized carbons (Fsp3) is 0.250. The minimum absolute atomic E-state index is 0.0235. The van der Waals surface area contributed by atoms with Crippen molar-refractivity contribution in [3.63, 3.8) is 0 Å². The van der Waals surface area contributed by atoms with Crippen molar-refractivity contribution < 1.29 is 14.7 Å². The number of nitrogens with one attached hydrogen (secondary N) is 1. The average Bonchev–Trinajstić information content (AvgIpc) is 1.88. The van der Waals surface area contributed by atoms with Crippen molar-refractivity contribution in [1.29, 1.82) is 0 Å². The molecule has 54 valence electrons. The highest BCUT2D eigenvalue weighted by Gasteiger charge is 2.17. The van der Waals surface area contributed by atoms with Crippen LogP contribution in [0.5, 0.6) is 0 Å². The van der Waals surface area contributed by atoms with E-state index in [-0.39, 0.29) is 16.7 Å². The van der Waals surface area contributed by atoms with E-state index >= 15 is 0 Å². The van der Waals surface area contributed by atoms with Crippen LogP contribution in [0.25, 0.3) is 0 Å². The Bertz CT molecular complexity index is 213. The largest absolute Gasteiger partial charge is 0.477 e. The van der Waals surface area contributed by atoms with E-state index < -0.39 is 5.97 Å². The van der Waals surface area contributed by atoms with E-state index in [4.69, 9.17) is 5.11 Å². The van der Waals surface area contributed by atoms with Gasteiger partial charge in [0.15, 0.2) is 5.71 Å². The van der Waals surface area contributed by atoms with Crippen molar-refractivity contribution in [2.75, 3.05) is 5.75 Å². The van der Waals surface area contributed by atoms with E-state index in [1.54, 1.807) is 0 Å². The van der Waals surface area contributed by atoms with Crippen molar-refractivity contribution in [2.45, 2.75) is 0 Å². The molecule has 0 aromatic carbocycles. The third-order valence-electron chi connectivity index (χ3n) is 0.869. The number of aliphatic carboxylic acids is 1. The predicted molar refractivity (Wildman–Crippen MR) is 36.1 cm³/mol. The maximum absolute atomic E-state index is 10.4. The lowest BCUT2D eigenvalue weighted by Gasteiger charge is -2.06. The minimum atomic E-state index is -1.09. The summed E-state index contributed by atoms with van der Waals surface area (Å²) in [5.41, 5.74) is 2.02. The summed E-state index contributed by atoms with van der Waals surface area (Å²) in [6.07, 6.45) is 0. The number of amides is 1. The van der Waals surface area contributed by atoms with E-state index in [1.807, 2.05) is 5.43 Å². The van der Waals surface area contributed by atoms with Crippen LogP contribution in [-0.2, 0) is 4.79 Å². The second kappa shape index (κ2) is 2.70. The molecule has 1 amide bonds. The molecule has 0 spiro atoms. The van der Waals surface area contributed by atoms with Crippen LogP contribution >= 0.6 is 11.8 Å². The van der Waals surface area contributed by atoms with Crippen LogP contribution < -0.4 is 5.43 Å². The summed E-state index contributed by atoms with van der Waals surface area (Å²) < 4.78 is 0. The van der Waals surface area contributed by atoms with Gasteiger partial charge in [-0.05, 0) is 0 Å². The van der Waals surface area contributed by atoms with Crippen molar-refractivity contribution >= 4 is 28.7 Å². The highest BCUT2D eigenvalue weighted by molar-refractivity contribution is 8.14. The fourth-order valence-corrected chi connectivity index (χ4v) is 0.987. The number of nitrogens with zero attached hydrogens (tertiary/aromatic N) is 1. The first-order chi connectivity index (χ1) is 4.70. The summed E-state index contributed by atoms with van der Waals surface area (Å²) in [6.45, 7) is 0. The van der Waals surface area contributed by atoms with Gasteiger partial charge in [-0.2, -0.15) is 5.10 Å². The SMILES string of the molecule is O=C1NN=C(C(=O)O)CS1. The standard InChI is InChI=1S/C4H4N2O3S/c7-3(8)2-1-10-4(9)6-5-2/h1H2,(H,6,9)(H,7,8). The van der Waals surface area contributed by atoms with Crippen LogP contribution in [0.4, 0.5) is 4.79 Å². The molecule has 1 aliphatic rings. The number of hydrogen-bond acceptors (Lipinski definition) is 4. The summed E-state index contributed by atoms with van der Waals surface area (Å²) >= 11 is 0.893. The predicted octanol–water partition coefficient (Wildman–Crippen LogP) is -0.117. The number of thioether (sulfide) groups is 1. The summed E-state index contributed by atoms with van der Waals surface area (Å²) in [4.78, 5) is 20.5. The first-order valence-electron chi connectivity index (χ1n) is 2.43. The molecule has 0 aromatic rings. The first-order valence-corrected chi connectivity index (χ1v) is 3.41. The van der Waals surface area contributed by atoms with Gasteiger partial charge in [-0.25, -0.2) is 10.2 Å². The van der Waals surface area contributed by atoms with Crippen LogP contribution in [0, 0.1) is 0 Å². The average molecular weight is 160 g/mol. The summed E-state index contributed by atoms with van der Waals surface area (Å²) in [5, 5.41) is 11.3. The molecule has 1 heterocycles. The quantitative estimate of drug-likeness (QED) is 0.560. The lowest BCUT2D eigenvalue weighted by molar-refractivity contribution is -0.129. The summed E-state index contributed by atoms with van der Waals surface area (Å²) in [6, 6.07) is 0. The topological polar surface area (TPSA) is 78.8 Å². The van der Waals surface area contributed by atoms with Gasteiger partial charge in [0.1, 0.15) is 0 Å². The molecular weight excluding hydrogens is 156 g/mol. The molecule has 6 heteroatoms. The van der Waals surface area contributed by atoms with Crippen molar-refractivity contribution in [2.24, 2.45) is 5.10 Å². The van der Waals surface area contributed by atoms with Gasteiger partial charge < -0.3 is 5.11 Å².